The van der Waals surface area contributed by atoms with Gasteiger partial charge in [0.2, 0.25) is 0 Å². The Morgan fingerprint density at radius 3 is 2.43 bits per heavy atom. The SMILES string of the molecule is COC(=O)[C@@H](NC(=O)N1CCN(c2ccccn2)CC1)C(C)C. The summed E-state index contributed by atoms with van der Waals surface area (Å²) in [6.45, 7) is 6.37. The number of pyridine rings is 1. The third-order valence-corrected chi connectivity index (χ3v) is 3.94. The van der Waals surface area contributed by atoms with Crippen LogP contribution in [0.5, 0.6) is 0 Å². The molecule has 2 amide bonds. The Hall–Kier alpha value is -2.31. The Morgan fingerprint density at radius 1 is 1.22 bits per heavy atom. The van der Waals surface area contributed by atoms with E-state index in [9.17, 15) is 9.59 Å². The zero-order valence-corrected chi connectivity index (χ0v) is 13.9. The topological polar surface area (TPSA) is 74.8 Å². The summed E-state index contributed by atoms with van der Waals surface area (Å²) in [5.41, 5.74) is 0. The van der Waals surface area contributed by atoms with Crippen LogP contribution in [0.3, 0.4) is 0 Å². The summed E-state index contributed by atoms with van der Waals surface area (Å²) in [5.74, 6) is 0.476. The summed E-state index contributed by atoms with van der Waals surface area (Å²) in [6.07, 6.45) is 1.76. The standard InChI is InChI=1S/C16H24N4O3/c1-12(2)14(15(21)23-3)18-16(22)20-10-8-19(9-11-20)13-6-4-5-7-17-13/h4-7,12,14H,8-11H2,1-3H3,(H,18,22)/t14-/m0/s1. The second-order valence-electron chi connectivity index (χ2n) is 5.86. The van der Waals surface area contributed by atoms with Crippen molar-refractivity contribution in [3.05, 3.63) is 24.4 Å². The minimum Gasteiger partial charge on any atom is -0.467 e. The summed E-state index contributed by atoms with van der Waals surface area (Å²) in [5, 5.41) is 2.77. The second kappa shape index (κ2) is 7.80. The Kier molecular flexibility index (Phi) is 5.78. The second-order valence-corrected chi connectivity index (χ2v) is 5.86. The molecule has 0 aromatic carbocycles. The van der Waals surface area contributed by atoms with Crippen molar-refractivity contribution in [3.8, 4) is 0 Å². The van der Waals surface area contributed by atoms with Crippen molar-refractivity contribution in [2.45, 2.75) is 19.9 Å². The lowest BCUT2D eigenvalue weighted by atomic mass is 10.1. The Morgan fingerprint density at radius 2 is 1.91 bits per heavy atom. The molecule has 1 fully saturated rings. The number of piperazine rings is 1. The molecular weight excluding hydrogens is 296 g/mol. The van der Waals surface area contributed by atoms with Crippen LogP contribution in [0.15, 0.2) is 24.4 Å². The lowest BCUT2D eigenvalue weighted by molar-refractivity contribution is -0.144. The molecule has 0 unspecified atom stereocenters. The highest BCUT2D eigenvalue weighted by molar-refractivity contribution is 5.83. The van der Waals surface area contributed by atoms with Gasteiger partial charge in [0, 0.05) is 32.4 Å². The molecule has 2 rings (SSSR count). The molecule has 1 N–H and O–H groups in total. The molecular formula is C16H24N4O3. The fraction of sp³-hybridized carbons (Fsp3) is 0.562. The van der Waals surface area contributed by atoms with Crippen LogP contribution in [-0.2, 0) is 9.53 Å². The van der Waals surface area contributed by atoms with Gasteiger partial charge in [0.15, 0.2) is 0 Å². The number of rotatable bonds is 4. The lowest BCUT2D eigenvalue weighted by Crippen LogP contribution is -2.56. The number of hydrogen-bond acceptors (Lipinski definition) is 5. The van der Waals surface area contributed by atoms with E-state index < -0.39 is 12.0 Å². The molecule has 1 saturated heterocycles. The molecule has 1 aromatic heterocycles. The van der Waals surface area contributed by atoms with E-state index >= 15 is 0 Å². The minimum absolute atomic E-state index is 0.0267. The normalized spacial score (nSPS) is 16.2. The first-order valence-corrected chi connectivity index (χ1v) is 7.82. The number of urea groups is 1. The van der Waals surface area contributed by atoms with Crippen LogP contribution in [0.25, 0.3) is 0 Å². The fourth-order valence-electron chi connectivity index (χ4n) is 2.53. The molecule has 1 aromatic rings. The lowest BCUT2D eigenvalue weighted by Gasteiger charge is -2.36. The number of carbonyl (C=O) groups is 2. The molecule has 0 aliphatic carbocycles. The van der Waals surface area contributed by atoms with Crippen LogP contribution in [0.4, 0.5) is 10.6 Å². The highest BCUT2D eigenvalue weighted by Gasteiger charge is 2.28. The Balaban J connectivity index is 1.89. The summed E-state index contributed by atoms with van der Waals surface area (Å²) in [6, 6.07) is 4.94. The smallest absolute Gasteiger partial charge is 0.328 e. The first kappa shape index (κ1) is 17.1. The third kappa shape index (κ3) is 4.34. The predicted octanol–water partition coefficient (Wildman–Crippen LogP) is 1.11. The van der Waals surface area contributed by atoms with Gasteiger partial charge in [-0.05, 0) is 18.1 Å². The molecule has 0 bridgehead atoms. The van der Waals surface area contributed by atoms with Gasteiger partial charge in [-0.25, -0.2) is 14.6 Å². The van der Waals surface area contributed by atoms with Crippen molar-refractivity contribution >= 4 is 17.8 Å². The molecule has 126 valence electrons. The molecule has 2 heterocycles. The number of ether oxygens (including phenoxy) is 1. The number of nitrogens with zero attached hydrogens (tertiary/aromatic N) is 3. The van der Waals surface area contributed by atoms with Crippen molar-refractivity contribution in [2.24, 2.45) is 5.92 Å². The largest absolute Gasteiger partial charge is 0.467 e. The van der Waals surface area contributed by atoms with Crippen molar-refractivity contribution in [3.63, 3.8) is 0 Å². The van der Waals surface area contributed by atoms with Gasteiger partial charge in [0.1, 0.15) is 11.9 Å². The van der Waals surface area contributed by atoms with Gasteiger partial charge in [0.25, 0.3) is 0 Å². The van der Waals surface area contributed by atoms with Crippen molar-refractivity contribution in [2.75, 3.05) is 38.2 Å². The summed E-state index contributed by atoms with van der Waals surface area (Å²) in [4.78, 5) is 32.3. The van der Waals surface area contributed by atoms with Crippen molar-refractivity contribution < 1.29 is 14.3 Å². The van der Waals surface area contributed by atoms with Crippen LogP contribution < -0.4 is 10.2 Å². The highest BCUT2D eigenvalue weighted by Crippen LogP contribution is 2.13. The van der Waals surface area contributed by atoms with E-state index in [-0.39, 0.29) is 11.9 Å². The number of esters is 1. The van der Waals surface area contributed by atoms with E-state index in [0.29, 0.717) is 13.1 Å². The summed E-state index contributed by atoms with van der Waals surface area (Å²) < 4.78 is 4.75. The van der Waals surface area contributed by atoms with Gasteiger partial charge in [-0.1, -0.05) is 19.9 Å². The third-order valence-electron chi connectivity index (χ3n) is 3.94. The van der Waals surface area contributed by atoms with Crippen LogP contribution >= 0.6 is 0 Å². The number of nitrogens with one attached hydrogen (secondary N) is 1. The van der Waals surface area contributed by atoms with Crippen LogP contribution in [-0.4, -0.2) is 61.2 Å². The van der Waals surface area contributed by atoms with Crippen LogP contribution in [0, 0.1) is 5.92 Å². The quantitative estimate of drug-likeness (QED) is 0.841. The highest BCUT2D eigenvalue weighted by atomic mass is 16.5. The molecule has 1 aliphatic heterocycles. The zero-order valence-electron chi connectivity index (χ0n) is 13.9. The van der Waals surface area contributed by atoms with Gasteiger partial charge in [0.05, 0.1) is 7.11 Å². The fourth-order valence-corrected chi connectivity index (χ4v) is 2.53. The number of anilines is 1. The van der Waals surface area contributed by atoms with Crippen LogP contribution in [0.2, 0.25) is 0 Å². The van der Waals surface area contributed by atoms with E-state index in [1.807, 2.05) is 32.0 Å². The molecule has 0 radical (unpaired) electrons. The summed E-state index contributed by atoms with van der Waals surface area (Å²) in [7, 11) is 1.33. The van der Waals surface area contributed by atoms with Gasteiger partial charge >= 0.3 is 12.0 Å². The van der Waals surface area contributed by atoms with E-state index in [4.69, 9.17) is 4.74 Å². The summed E-state index contributed by atoms with van der Waals surface area (Å²) >= 11 is 0. The Bertz CT molecular complexity index is 527. The molecule has 1 atom stereocenters. The van der Waals surface area contributed by atoms with Gasteiger partial charge < -0.3 is 19.9 Å². The zero-order chi connectivity index (χ0) is 16.8. The maximum Gasteiger partial charge on any atom is 0.328 e. The average Bonchev–Trinajstić information content (AvgIpc) is 2.59. The maximum atomic E-state index is 12.3. The molecule has 0 saturated carbocycles. The molecule has 1 aliphatic rings. The van der Waals surface area contributed by atoms with Gasteiger partial charge in [-0.2, -0.15) is 0 Å². The first-order chi connectivity index (χ1) is 11.0. The molecule has 7 nitrogen and oxygen atoms in total. The molecule has 23 heavy (non-hydrogen) atoms. The molecule has 7 heteroatoms. The maximum absolute atomic E-state index is 12.3. The average molecular weight is 320 g/mol. The van der Waals surface area contributed by atoms with Gasteiger partial charge in [-0.3, -0.25) is 0 Å². The van der Waals surface area contributed by atoms with E-state index in [2.05, 4.69) is 15.2 Å². The number of hydrogen-bond donors (Lipinski definition) is 1. The number of methoxy groups -OCH3 is 1. The number of amides is 2. The van der Waals surface area contributed by atoms with Crippen molar-refractivity contribution in [1.29, 1.82) is 0 Å². The van der Waals surface area contributed by atoms with E-state index in [0.717, 1.165) is 18.9 Å². The van der Waals surface area contributed by atoms with Crippen molar-refractivity contribution in [1.82, 2.24) is 15.2 Å². The van der Waals surface area contributed by atoms with Gasteiger partial charge in [-0.15, -0.1) is 0 Å². The van der Waals surface area contributed by atoms with Crippen LogP contribution in [0.1, 0.15) is 13.8 Å². The monoisotopic (exact) mass is 320 g/mol. The van der Waals surface area contributed by atoms with E-state index in [1.54, 1.807) is 11.1 Å². The van der Waals surface area contributed by atoms with E-state index in [1.165, 1.54) is 7.11 Å². The first-order valence-electron chi connectivity index (χ1n) is 7.82. The minimum atomic E-state index is -0.624. The number of aromatic nitrogens is 1. The Labute approximate surface area is 136 Å². The molecule has 0 spiro atoms. The number of carbonyl (C=O) groups excluding carboxylic acids is 2. The predicted molar refractivity (Wildman–Crippen MR) is 87.2 cm³/mol.